The first-order chi connectivity index (χ1) is 14.6. The predicted octanol–water partition coefficient (Wildman–Crippen LogP) is 3.47. The van der Waals surface area contributed by atoms with E-state index in [0.29, 0.717) is 50.0 Å². The number of ether oxygens (including phenoxy) is 3. The van der Waals surface area contributed by atoms with E-state index < -0.39 is 0 Å². The molecule has 7 heteroatoms. The number of esters is 1. The fourth-order valence-corrected chi connectivity index (χ4v) is 3.47. The fourth-order valence-electron chi connectivity index (χ4n) is 3.47. The zero-order chi connectivity index (χ0) is 21.3. The van der Waals surface area contributed by atoms with Gasteiger partial charge in [-0.2, -0.15) is 0 Å². The molecule has 1 aliphatic rings. The van der Waals surface area contributed by atoms with Crippen LogP contribution < -0.4 is 9.47 Å². The molecule has 30 heavy (non-hydrogen) atoms. The van der Waals surface area contributed by atoms with Gasteiger partial charge in [-0.25, -0.2) is 0 Å². The molecule has 2 aromatic rings. The minimum atomic E-state index is -0.267. The Morgan fingerprint density at radius 3 is 2.73 bits per heavy atom. The van der Waals surface area contributed by atoms with Crippen LogP contribution in [0.5, 0.6) is 11.5 Å². The molecule has 3 rings (SSSR count). The van der Waals surface area contributed by atoms with Gasteiger partial charge in [-0.15, -0.1) is 0 Å². The van der Waals surface area contributed by atoms with Crippen LogP contribution in [-0.2, 0) is 16.1 Å². The third-order valence-corrected chi connectivity index (χ3v) is 4.94. The monoisotopic (exact) mass is 412 g/mol. The van der Waals surface area contributed by atoms with Crippen LogP contribution in [0.3, 0.4) is 0 Å². The molecule has 0 spiro atoms. The van der Waals surface area contributed by atoms with Gasteiger partial charge in [-0.05, 0) is 51.0 Å². The van der Waals surface area contributed by atoms with Crippen LogP contribution in [0.1, 0.15) is 42.6 Å². The highest BCUT2D eigenvalue weighted by molar-refractivity contribution is 5.95. The number of hydrogen-bond donors (Lipinski definition) is 0. The molecular weight excluding hydrogens is 384 g/mol. The van der Waals surface area contributed by atoms with E-state index in [2.05, 4.69) is 4.98 Å². The molecule has 0 radical (unpaired) electrons. The van der Waals surface area contributed by atoms with Gasteiger partial charge in [-0.1, -0.05) is 6.07 Å². The maximum absolute atomic E-state index is 13.0. The zero-order valence-corrected chi connectivity index (χ0v) is 17.5. The molecule has 0 aliphatic carbocycles. The molecule has 1 aromatic carbocycles. The Balaban J connectivity index is 1.71. The van der Waals surface area contributed by atoms with Crippen molar-refractivity contribution in [3.05, 3.63) is 53.9 Å². The molecular formula is C23H28N2O5. The van der Waals surface area contributed by atoms with E-state index in [1.807, 2.05) is 19.1 Å². The maximum atomic E-state index is 13.0. The minimum Gasteiger partial charge on any atom is -0.490 e. The Morgan fingerprint density at radius 1 is 1.13 bits per heavy atom. The van der Waals surface area contributed by atoms with E-state index in [1.165, 1.54) is 0 Å². The number of hydrogen-bond acceptors (Lipinski definition) is 6. The number of nitrogens with zero attached hydrogens (tertiary/aromatic N) is 2. The third-order valence-electron chi connectivity index (χ3n) is 4.94. The molecule has 1 aliphatic heterocycles. The van der Waals surface area contributed by atoms with E-state index in [-0.39, 0.29) is 17.8 Å². The van der Waals surface area contributed by atoms with Crippen molar-refractivity contribution in [1.29, 1.82) is 0 Å². The highest BCUT2D eigenvalue weighted by Gasteiger charge is 2.30. The van der Waals surface area contributed by atoms with Crippen molar-refractivity contribution in [1.82, 2.24) is 9.88 Å². The molecule has 0 N–H and O–H groups in total. The molecule has 0 saturated carbocycles. The number of amides is 1. The zero-order valence-electron chi connectivity index (χ0n) is 17.5. The molecule has 160 valence electrons. The lowest BCUT2D eigenvalue weighted by Crippen LogP contribution is -2.42. The van der Waals surface area contributed by atoms with Crippen LogP contribution >= 0.6 is 0 Å². The SMILES string of the molecule is CCOC(=O)C1CCCN(C(=O)c2ccc(OCc3cccnc3)c(OCC)c2)C1. The van der Waals surface area contributed by atoms with E-state index in [0.717, 1.165) is 18.4 Å². The summed E-state index contributed by atoms with van der Waals surface area (Å²) in [6.45, 7) is 5.83. The standard InChI is InChI=1S/C23H28N2O5/c1-3-28-21-13-18(9-10-20(21)30-16-17-7-5-11-24-14-17)22(26)25-12-6-8-19(15-25)23(27)29-4-2/h5,7,9-11,13-14,19H,3-4,6,8,12,15-16H2,1-2H3. The molecule has 1 unspecified atom stereocenters. The average molecular weight is 412 g/mol. The molecule has 1 saturated heterocycles. The second-order valence-corrected chi connectivity index (χ2v) is 7.09. The predicted molar refractivity (Wildman–Crippen MR) is 111 cm³/mol. The Kier molecular flexibility index (Phi) is 7.65. The van der Waals surface area contributed by atoms with Gasteiger partial charge in [-0.3, -0.25) is 14.6 Å². The first kappa shape index (κ1) is 21.6. The summed E-state index contributed by atoms with van der Waals surface area (Å²) in [4.78, 5) is 30.9. The summed E-state index contributed by atoms with van der Waals surface area (Å²) in [6.07, 6.45) is 4.98. The number of benzene rings is 1. The minimum absolute atomic E-state index is 0.122. The Morgan fingerprint density at radius 2 is 2.00 bits per heavy atom. The van der Waals surface area contributed by atoms with E-state index in [9.17, 15) is 9.59 Å². The summed E-state index contributed by atoms with van der Waals surface area (Å²) in [7, 11) is 0. The number of aromatic nitrogens is 1. The number of pyridine rings is 1. The van der Waals surface area contributed by atoms with Crippen molar-refractivity contribution < 1.29 is 23.8 Å². The number of likely N-dealkylation sites (tertiary alicyclic amines) is 1. The first-order valence-corrected chi connectivity index (χ1v) is 10.4. The second-order valence-electron chi connectivity index (χ2n) is 7.09. The molecule has 1 fully saturated rings. The van der Waals surface area contributed by atoms with Crippen LogP contribution in [0.2, 0.25) is 0 Å². The summed E-state index contributed by atoms with van der Waals surface area (Å²) in [5.74, 6) is 0.468. The van der Waals surface area contributed by atoms with Gasteiger partial charge < -0.3 is 19.1 Å². The maximum Gasteiger partial charge on any atom is 0.310 e. The summed E-state index contributed by atoms with van der Waals surface area (Å²) in [5, 5.41) is 0. The molecule has 0 bridgehead atoms. The average Bonchev–Trinajstić information content (AvgIpc) is 2.79. The van der Waals surface area contributed by atoms with E-state index in [1.54, 1.807) is 42.4 Å². The largest absolute Gasteiger partial charge is 0.490 e. The Labute approximate surface area is 177 Å². The molecule has 7 nitrogen and oxygen atoms in total. The normalized spacial score (nSPS) is 16.1. The van der Waals surface area contributed by atoms with Crippen molar-refractivity contribution in [2.75, 3.05) is 26.3 Å². The highest BCUT2D eigenvalue weighted by atomic mass is 16.5. The lowest BCUT2D eigenvalue weighted by atomic mass is 9.97. The lowest BCUT2D eigenvalue weighted by Gasteiger charge is -2.31. The van der Waals surface area contributed by atoms with Gasteiger partial charge in [0.25, 0.3) is 5.91 Å². The van der Waals surface area contributed by atoms with Crippen LogP contribution in [-0.4, -0.2) is 48.1 Å². The number of piperidine rings is 1. The van der Waals surface area contributed by atoms with Gasteiger partial charge in [0, 0.05) is 36.6 Å². The van der Waals surface area contributed by atoms with Gasteiger partial charge in [0.15, 0.2) is 11.5 Å². The molecule has 1 amide bonds. The van der Waals surface area contributed by atoms with Crippen molar-refractivity contribution in [3.8, 4) is 11.5 Å². The quantitative estimate of drug-likeness (QED) is 0.618. The fraction of sp³-hybridized carbons (Fsp3) is 0.435. The van der Waals surface area contributed by atoms with Crippen LogP contribution in [0.25, 0.3) is 0 Å². The number of carbonyl (C=O) groups excluding carboxylic acids is 2. The van der Waals surface area contributed by atoms with Crippen LogP contribution in [0.15, 0.2) is 42.7 Å². The summed E-state index contributed by atoms with van der Waals surface area (Å²) in [5.41, 5.74) is 1.45. The van der Waals surface area contributed by atoms with Gasteiger partial charge >= 0.3 is 5.97 Å². The van der Waals surface area contributed by atoms with Crippen molar-refractivity contribution >= 4 is 11.9 Å². The van der Waals surface area contributed by atoms with Crippen molar-refractivity contribution in [3.63, 3.8) is 0 Å². The number of carbonyl (C=O) groups is 2. The van der Waals surface area contributed by atoms with Crippen LogP contribution in [0, 0.1) is 5.92 Å². The second kappa shape index (κ2) is 10.6. The van der Waals surface area contributed by atoms with Crippen LogP contribution in [0.4, 0.5) is 0 Å². The summed E-state index contributed by atoms with van der Waals surface area (Å²) < 4.78 is 16.7. The third kappa shape index (κ3) is 5.49. The summed E-state index contributed by atoms with van der Waals surface area (Å²) in [6, 6.07) is 8.98. The van der Waals surface area contributed by atoms with Gasteiger partial charge in [0.2, 0.25) is 0 Å². The Bertz CT molecular complexity index is 856. The lowest BCUT2D eigenvalue weighted by molar-refractivity contribution is -0.149. The topological polar surface area (TPSA) is 78.0 Å². The highest BCUT2D eigenvalue weighted by Crippen LogP contribution is 2.30. The molecule has 2 heterocycles. The number of rotatable bonds is 8. The van der Waals surface area contributed by atoms with Gasteiger partial charge in [0.05, 0.1) is 19.1 Å². The van der Waals surface area contributed by atoms with E-state index >= 15 is 0 Å². The van der Waals surface area contributed by atoms with Crippen molar-refractivity contribution in [2.45, 2.75) is 33.3 Å². The Hall–Kier alpha value is -3.09. The molecule has 1 atom stereocenters. The van der Waals surface area contributed by atoms with Crippen molar-refractivity contribution in [2.24, 2.45) is 5.92 Å². The summed E-state index contributed by atoms with van der Waals surface area (Å²) >= 11 is 0. The smallest absolute Gasteiger partial charge is 0.310 e. The first-order valence-electron chi connectivity index (χ1n) is 10.4. The molecule has 1 aromatic heterocycles. The van der Waals surface area contributed by atoms with Gasteiger partial charge in [0.1, 0.15) is 6.61 Å². The van der Waals surface area contributed by atoms with E-state index in [4.69, 9.17) is 14.2 Å².